The third kappa shape index (κ3) is 1.54. The van der Waals surface area contributed by atoms with Crippen LogP contribution in [0.5, 0.6) is 0 Å². The van der Waals surface area contributed by atoms with Gasteiger partial charge in [0.1, 0.15) is 0 Å². The molecule has 1 N–H and O–H groups in total. The Bertz CT molecular complexity index is 407. The first kappa shape index (κ1) is 10.2. The second-order valence-corrected chi connectivity index (χ2v) is 5.03. The van der Waals surface area contributed by atoms with Gasteiger partial charge in [0.05, 0.1) is 5.92 Å². The number of carbonyl (C=O) groups is 1. The fraction of sp³-hybridized carbons (Fsp3) is 0.462. The van der Waals surface area contributed by atoms with Crippen molar-refractivity contribution in [1.82, 2.24) is 0 Å². The van der Waals surface area contributed by atoms with Crippen molar-refractivity contribution in [2.24, 2.45) is 11.3 Å². The topological polar surface area (TPSA) is 37.3 Å². The third-order valence-electron chi connectivity index (χ3n) is 3.49. The highest BCUT2D eigenvalue weighted by Crippen LogP contribution is 2.64. The summed E-state index contributed by atoms with van der Waals surface area (Å²) < 4.78 is 0. The standard InChI is InChI=1S/C13H16O2/c1-8-5-4-6-9(7-8)10-11(12(14)15)13(10,2)3/h4-7,10-11H,1-3H3,(H,14,15)/t10-,11+/m0/s1. The minimum Gasteiger partial charge on any atom is -0.481 e. The predicted octanol–water partition coefficient (Wildman–Crippen LogP) is 2.82. The van der Waals surface area contributed by atoms with E-state index in [-0.39, 0.29) is 17.3 Å². The van der Waals surface area contributed by atoms with Gasteiger partial charge in [-0.1, -0.05) is 43.7 Å². The van der Waals surface area contributed by atoms with Gasteiger partial charge in [0.15, 0.2) is 0 Å². The summed E-state index contributed by atoms with van der Waals surface area (Å²) in [5.41, 5.74) is 2.26. The molecule has 0 radical (unpaired) electrons. The highest BCUT2D eigenvalue weighted by molar-refractivity contribution is 5.77. The molecule has 0 aliphatic heterocycles. The van der Waals surface area contributed by atoms with Crippen LogP contribution in [0, 0.1) is 18.3 Å². The Morgan fingerprint density at radius 1 is 1.40 bits per heavy atom. The molecular formula is C13H16O2. The Labute approximate surface area is 89.9 Å². The average molecular weight is 204 g/mol. The molecule has 15 heavy (non-hydrogen) atoms. The van der Waals surface area contributed by atoms with Crippen LogP contribution in [0.15, 0.2) is 24.3 Å². The van der Waals surface area contributed by atoms with E-state index in [1.807, 2.05) is 39.0 Å². The van der Waals surface area contributed by atoms with Crippen molar-refractivity contribution >= 4 is 5.97 Å². The van der Waals surface area contributed by atoms with E-state index in [9.17, 15) is 4.79 Å². The van der Waals surface area contributed by atoms with Gasteiger partial charge in [-0.2, -0.15) is 0 Å². The summed E-state index contributed by atoms with van der Waals surface area (Å²) in [5, 5.41) is 9.09. The zero-order chi connectivity index (χ0) is 11.2. The van der Waals surface area contributed by atoms with Crippen LogP contribution in [0.4, 0.5) is 0 Å². The Hall–Kier alpha value is -1.31. The number of rotatable bonds is 2. The summed E-state index contributed by atoms with van der Waals surface area (Å²) in [6.45, 7) is 6.09. The molecule has 0 amide bonds. The molecule has 2 heteroatoms. The van der Waals surface area contributed by atoms with Crippen molar-refractivity contribution in [2.45, 2.75) is 26.7 Å². The zero-order valence-electron chi connectivity index (χ0n) is 9.32. The van der Waals surface area contributed by atoms with Gasteiger partial charge in [0.2, 0.25) is 0 Å². The Kier molecular flexibility index (Phi) is 2.10. The largest absolute Gasteiger partial charge is 0.481 e. The van der Waals surface area contributed by atoms with Crippen molar-refractivity contribution in [1.29, 1.82) is 0 Å². The highest BCUT2D eigenvalue weighted by atomic mass is 16.4. The number of hydrogen-bond acceptors (Lipinski definition) is 1. The first-order valence-corrected chi connectivity index (χ1v) is 5.24. The molecular weight excluding hydrogens is 188 g/mol. The van der Waals surface area contributed by atoms with Gasteiger partial charge >= 0.3 is 5.97 Å². The average Bonchev–Trinajstić information content (AvgIpc) is 2.69. The summed E-state index contributed by atoms with van der Waals surface area (Å²) in [6, 6.07) is 8.16. The van der Waals surface area contributed by atoms with Crippen LogP contribution >= 0.6 is 0 Å². The Morgan fingerprint density at radius 2 is 2.07 bits per heavy atom. The molecule has 1 aliphatic carbocycles. The van der Waals surface area contributed by atoms with E-state index in [4.69, 9.17) is 5.11 Å². The number of aliphatic carboxylic acids is 1. The Morgan fingerprint density at radius 3 is 2.53 bits per heavy atom. The van der Waals surface area contributed by atoms with Gasteiger partial charge < -0.3 is 5.11 Å². The van der Waals surface area contributed by atoms with Crippen molar-refractivity contribution < 1.29 is 9.90 Å². The van der Waals surface area contributed by atoms with Gasteiger partial charge in [-0.25, -0.2) is 0 Å². The molecule has 0 bridgehead atoms. The van der Waals surface area contributed by atoms with Crippen LogP contribution in [0.1, 0.15) is 30.9 Å². The van der Waals surface area contributed by atoms with Crippen LogP contribution < -0.4 is 0 Å². The normalized spacial score (nSPS) is 27.4. The van der Waals surface area contributed by atoms with Crippen LogP contribution in [0.3, 0.4) is 0 Å². The molecule has 1 aliphatic rings. The highest BCUT2D eigenvalue weighted by Gasteiger charge is 2.62. The van der Waals surface area contributed by atoms with Crippen molar-refractivity contribution in [3.8, 4) is 0 Å². The number of carboxylic acid groups (broad SMARTS) is 1. The molecule has 0 aromatic heterocycles. The van der Waals surface area contributed by atoms with Crippen molar-refractivity contribution in [2.75, 3.05) is 0 Å². The molecule has 1 saturated carbocycles. The molecule has 1 aromatic rings. The quantitative estimate of drug-likeness (QED) is 0.804. The van der Waals surface area contributed by atoms with Gasteiger partial charge in [-0.15, -0.1) is 0 Å². The lowest BCUT2D eigenvalue weighted by Crippen LogP contribution is -2.03. The molecule has 80 valence electrons. The maximum atomic E-state index is 11.0. The van der Waals surface area contributed by atoms with Crippen molar-refractivity contribution in [3.63, 3.8) is 0 Å². The molecule has 2 nitrogen and oxygen atoms in total. The summed E-state index contributed by atoms with van der Waals surface area (Å²) in [7, 11) is 0. The van der Waals surface area contributed by atoms with E-state index in [1.165, 1.54) is 5.56 Å². The SMILES string of the molecule is Cc1cccc([C@H]2[C@H](C(=O)O)C2(C)C)c1. The van der Waals surface area contributed by atoms with Crippen LogP contribution in [-0.4, -0.2) is 11.1 Å². The number of carboxylic acids is 1. The molecule has 0 unspecified atom stereocenters. The maximum absolute atomic E-state index is 11.0. The molecule has 1 aromatic carbocycles. The van der Waals surface area contributed by atoms with E-state index in [2.05, 4.69) is 6.07 Å². The van der Waals surface area contributed by atoms with E-state index in [0.717, 1.165) is 5.56 Å². The lowest BCUT2D eigenvalue weighted by molar-refractivity contribution is -0.139. The van der Waals surface area contributed by atoms with E-state index >= 15 is 0 Å². The second-order valence-electron chi connectivity index (χ2n) is 5.03. The number of benzene rings is 1. The molecule has 1 fully saturated rings. The summed E-state index contributed by atoms with van der Waals surface area (Å²) in [6.07, 6.45) is 0. The molecule has 2 rings (SSSR count). The molecule has 0 saturated heterocycles. The first-order chi connectivity index (χ1) is 6.94. The second kappa shape index (κ2) is 3.09. The van der Waals surface area contributed by atoms with E-state index < -0.39 is 5.97 Å². The van der Waals surface area contributed by atoms with E-state index in [1.54, 1.807) is 0 Å². The minimum absolute atomic E-state index is 0.0976. The smallest absolute Gasteiger partial charge is 0.307 e. The fourth-order valence-corrected chi connectivity index (χ4v) is 2.58. The van der Waals surface area contributed by atoms with Crippen molar-refractivity contribution in [3.05, 3.63) is 35.4 Å². The monoisotopic (exact) mass is 204 g/mol. The maximum Gasteiger partial charge on any atom is 0.307 e. The molecule has 0 spiro atoms. The zero-order valence-corrected chi connectivity index (χ0v) is 9.32. The van der Waals surface area contributed by atoms with Crippen LogP contribution in [0.25, 0.3) is 0 Å². The summed E-state index contributed by atoms with van der Waals surface area (Å²) >= 11 is 0. The van der Waals surface area contributed by atoms with Gasteiger partial charge in [-0.3, -0.25) is 4.79 Å². The lowest BCUT2D eigenvalue weighted by atomic mass is 10.0. The van der Waals surface area contributed by atoms with Gasteiger partial charge in [-0.05, 0) is 17.9 Å². The predicted molar refractivity (Wildman–Crippen MR) is 58.8 cm³/mol. The molecule has 2 atom stereocenters. The minimum atomic E-state index is -0.675. The summed E-state index contributed by atoms with van der Waals surface area (Å²) in [4.78, 5) is 11.0. The fourth-order valence-electron chi connectivity index (χ4n) is 2.58. The van der Waals surface area contributed by atoms with Crippen LogP contribution in [-0.2, 0) is 4.79 Å². The third-order valence-corrected chi connectivity index (χ3v) is 3.49. The number of hydrogen-bond donors (Lipinski definition) is 1. The van der Waals surface area contributed by atoms with E-state index in [0.29, 0.717) is 0 Å². The summed E-state index contributed by atoms with van der Waals surface area (Å²) in [5.74, 6) is -0.722. The van der Waals surface area contributed by atoms with Crippen LogP contribution in [0.2, 0.25) is 0 Å². The Balaban J connectivity index is 2.31. The van der Waals surface area contributed by atoms with Gasteiger partial charge in [0.25, 0.3) is 0 Å². The lowest BCUT2D eigenvalue weighted by Gasteiger charge is -2.03. The first-order valence-electron chi connectivity index (χ1n) is 5.24. The number of aryl methyl sites for hydroxylation is 1. The van der Waals surface area contributed by atoms with Gasteiger partial charge in [0, 0.05) is 5.92 Å². The molecule has 0 heterocycles.